The second kappa shape index (κ2) is 7.29. The normalized spacial score (nSPS) is 17.5. The number of thiophene rings is 1. The number of hydrogen-bond acceptors (Lipinski definition) is 6. The molecule has 122 valence electrons. The summed E-state index contributed by atoms with van der Waals surface area (Å²) in [6, 6.07) is 11.8. The van der Waals surface area contributed by atoms with Gasteiger partial charge in [-0.15, -0.1) is 11.3 Å². The number of carbonyl (C=O) groups is 2. The molecule has 1 aliphatic rings. The molecular formula is C17H12NO3S3-. The molecule has 1 fully saturated rings. The lowest BCUT2D eigenvalue weighted by molar-refractivity contribution is -0.310. The molecule has 1 saturated heterocycles. The maximum absolute atomic E-state index is 12.6. The third-order valence-corrected chi connectivity index (χ3v) is 5.65. The fourth-order valence-electron chi connectivity index (χ4n) is 2.37. The van der Waals surface area contributed by atoms with Crippen molar-refractivity contribution in [3.05, 3.63) is 63.2 Å². The molecule has 7 heteroatoms. The van der Waals surface area contributed by atoms with Crippen LogP contribution in [0.3, 0.4) is 0 Å². The van der Waals surface area contributed by atoms with Gasteiger partial charge in [-0.05, 0) is 29.5 Å². The van der Waals surface area contributed by atoms with Gasteiger partial charge in [-0.25, -0.2) is 0 Å². The van der Waals surface area contributed by atoms with E-state index in [-0.39, 0.29) is 16.6 Å². The van der Waals surface area contributed by atoms with E-state index in [1.165, 1.54) is 11.3 Å². The molecule has 1 aromatic carbocycles. The van der Waals surface area contributed by atoms with Gasteiger partial charge in [0.25, 0.3) is 5.91 Å². The molecule has 2 heterocycles. The van der Waals surface area contributed by atoms with Gasteiger partial charge in [0, 0.05) is 4.88 Å². The van der Waals surface area contributed by atoms with Gasteiger partial charge in [0.2, 0.25) is 0 Å². The largest absolute Gasteiger partial charge is 0.548 e. The number of hydrogen-bond donors (Lipinski definition) is 0. The summed E-state index contributed by atoms with van der Waals surface area (Å²) in [6.45, 7) is 0. The fraction of sp³-hybridized carbons (Fsp3) is 0.118. The second-order valence-electron chi connectivity index (χ2n) is 5.09. The fourth-order valence-corrected chi connectivity index (χ4v) is 4.45. The summed E-state index contributed by atoms with van der Waals surface area (Å²) < 4.78 is 0.243. The van der Waals surface area contributed by atoms with Gasteiger partial charge < -0.3 is 9.90 Å². The molecule has 1 amide bonds. The van der Waals surface area contributed by atoms with Gasteiger partial charge in [0.15, 0.2) is 0 Å². The first-order valence-corrected chi connectivity index (χ1v) is 9.22. The lowest BCUT2D eigenvalue weighted by Gasteiger charge is -2.27. The summed E-state index contributed by atoms with van der Waals surface area (Å²) in [5.74, 6) is -1.70. The maximum atomic E-state index is 12.6. The Morgan fingerprint density at radius 2 is 2.00 bits per heavy atom. The van der Waals surface area contributed by atoms with Crippen LogP contribution in [0.5, 0.6) is 0 Å². The predicted octanol–water partition coefficient (Wildman–Crippen LogP) is 2.31. The third-order valence-electron chi connectivity index (χ3n) is 3.50. The average molecular weight is 374 g/mol. The van der Waals surface area contributed by atoms with E-state index in [0.29, 0.717) is 4.91 Å². The smallest absolute Gasteiger partial charge is 0.266 e. The van der Waals surface area contributed by atoms with Crippen LogP contribution < -0.4 is 5.11 Å². The molecule has 0 spiro atoms. The molecule has 3 rings (SSSR count). The number of carboxylic acid groups (broad SMARTS) is 1. The zero-order valence-electron chi connectivity index (χ0n) is 12.4. The summed E-state index contributed by atoms with van der Waals surface area (Å²) in [4.78, 5) is 26.8. The average Bonchev–Trinajstić information content (AvgIpc) is 3.16. The summed E-state index contributed by atoms with van der Waals surface area (Å²) >= 11 is 7.86. The van der Waals surface area contributed by atoms with Crippen molar-refractivity contribution in [3.8, 4) is 0 Å². The minimum absolute atomic E-state index is 0.155. The number of nitrogens with zero attached hydrogens (tertiary/aromatic N) is 1. The zero-order valence-corrected chi connectivity index (χ0v) is 14.8. The van der Waals surface area contributed by atoms with Crippen LogP contribution in [-0.2, 0) is 16.0 Å². The number of rotatable bonds is 5. The van der Waals surface area contributed by atoms with Crippen molar-refractivity contribution in [2.24, 2.45) is 0 Å². The number of aliphatic carboxylic acids is 1. The molecule has 0 aliphatic carbocycles. The van der Waals surface area contributed by atoms with Gasteiger partial charge in [-0.3, -0.25) is 9.69 Å². The second-order valence-corrected chi connectivity index (χ2v) is 7.75. The van der Waals surface area contributed by atoms with Crippen molar-refractivity contribution in [2.45, 2.75) is 12.5 Å². The molecule has 0 saturated carbocycles. The Morgan fingerprint density at radius 1 is 1.25 bits per heavy atom. The number of thiocarbonyl (C=S) groups is 1. The molecule has 0 N–H and O–H groups in total. The van der Waals surface area contributed by atoms with Crippen LogP contribution >= 0.6 is 35.3 Å². The standard InChI is InChI=1S/C17H13NO3S3/c19-15-14(10-12-7-4-8-23-12)24-17(22)18(15)13(16(20)21)9-11-5-2-1-3-6-11/h1-8,10,13H,9H2,(H,20,21)/p-1/b14-10+/t13-/m1/s1. The van der Waals surface area contributed by atoms with E-state index in [1.54, 1.807) is 6.08 Å². The third kappa shape index (κ3) is 3.58. The van der Waals surface area contributed by atoms with Crippen molar-refractivity contribution in [1.29, 1.82) is 0 Å². The summed E-state index contributed by atoms with van der Waals surface area (Å²) in [5, 5.41) is 13.5. The highest BCUT2D eigenvalue weighted by molar-refractivity contribution is 8.26. The molecular weight excluding hydrogens is 362 g/mol. The lowest BCUT2D eigenvalue weighted by atomic mass is 10.0. The van der Waals surface area contributed by atoms with Gasteiger partial charge in [0.1, 0.15) is 4.32 Å². The van der Waals surface area contributed by atoms with E-state index in [1.807, 2.05) is 47.8 Å². The van der Waals surface area contributed by atoms with E-state index in [4.69, 9.17) is 12.2 Å². The van der Waals surface area contributed by atoms with Crippen LogP contribution in [-0.4, -0.2) is 27.1 Å². The van der Waals surface area contributed by atoms with E-state index >= 15 is 0 Å². The van der Waals surface area contributed by atoms with E-state index in [2.05, 4.69) is 0 Å². The van der Waals surface area contributed by atoms with Crippen LogP contribution in [0.2, 0.25) is 0 Å². The Labute approximate surface area is 152 Å². The molecule has 1 aromatic heterocycles. The Hall–Kier alpha value is -1.96. The van der Waals surface area contributed by atoms with Crippen molar-refractivity contribution in [3.63, 3.8) is 0 Å². The molecule has 0 radical (unpaired) electrons. The molecule has 24 heavy (non-hydrogen) atoms. The molecule has 4 nitrogen and oxygen atoms in total. The van der Waals surface area contributed by atoms with Crippen LogP contribution in [0.4, 0.5) is 0 Å². The molecule has 1 atom stereocenters. The van der Waals surface area contributed by atoms with Crippen molar-refractivity contribution < 1.29 is 14.7 Å². The van der Waals surface area contributed by atoms with Crippen LogP contribution in [0.15, 0.2) is 52.7 Å². The lowest BCUT2D eigenvalue weighted by Crippen LogP contribution is -2.51. The first kappa shape index (κ1) is 16.9. The predicted molar refractivity (Wildman–Crippen MR) is 98.3 cm³/mol. The van der Waals surface area contributed by atoms with Crippen molar-refractivity contribution in [2.75, 3.05) is 0 Å². The topological polar surface area (TPSA) is 60.4 Å². The Morgan fingerprint density at radius 3 is 2.62 bits per heavy atom. The Balaban J connectivity index is 1.87. The van der Waals surface area contributed by atoms with E-state index in [9.17, 15) is 14.7 Å². The summed E-state index contributed by atoms with van der Waals surface area (Å²) in [5.41, 5.74) is 0.808. The highest BCUT2D eigenvalue weighted by atomic mass is 32.2. The van der Waals surface area contributed by atoms with Gasteiger partial charge in [-0.1, -0.05) is 60.4 Å². The number of thioether (sulfide) groups is 1. The van der Waals surface area contributed by atoms with Crippen molar-refractivity contribution >= 4 is 57.6 Å². The molecule has 0 bridgehead atoms. The van der Waals surface area contributed by atoms with Crippen LogP contribution in [0, 0.1) is 0 Å². The number of carboxylic acids is 1. The minimum Gasteiger partial charge on any atom is -0.548 e. The van der Waals surface area contributed by atoms with E-state index in [0.717, 1.165) is 27.1 Å². The van der Waals surface area contributed by atoms with E-state index < -0.39 is 12.0 Å². The summed E-state index contributed by atoms with van der Waals surface area (Å²) in [7, 11) is 0. The highest BCUT2D eigenvalue weighted by Gasteiger charge is 2.37. The SMILES string of the molecule is O=C([O-])[C@@H](Cc1ccccc1)N1C(=O)/C(=C\c2cccs2)SC1=S. The van der Waals surface area contributed by atoms with Crippen LogP contribution in [0.25, 0.3) is 6.08 Å². The number of benzene rings is 1. The number of amides is 1. The Bertz CT molecular complexity index is 800. The van der Waals surface area contributed by atoms with Gasteiger partial charge in [0.05, 0.1) is 16.9 Å². The zero-order chi connectivity index (χ0) is 17.1. The molecule has 1 aliphatic heterocycles. The molecule has 2 aromatic rings. The van der Waals surface area contributed by atoms with Crippen molar-refractivity contribution in [1.82, 2.24) is 4.90 Å². The molecule has 0 unspecified atom stereocenters. The quantitative estimate of drug-likeness (QED) is 0.594. The monoisotopic (exact) mass is 374 g/mol. The highest BCUT2D eigenvalue weighted by Crippen LogP contribution is 2.35. The van der Waals surface area contributed by atoms with Gasteiger partial charge in [-0.2, -0.15) is 0 Å². The number of carbonyl (C=O) groups excluding carboxylic acids is 2. The van der Waals surface area contributed by atoms with Crippen LogP contribution in [0.1, 0.15) is 10.4 Å². The first-order valence-electron chi connectivity index (χ1n) is 7.11. The maximum Gasteiger partial charge on any atom is 0.266 e. The minimum atomic E-state index is -1.31. The first-order chi connectivity index (χ1) is 11.6. The summed E-state index contributed by atoms with van der Waals surface area (Å²) in [6.07, 6.45) is 1.89. The Kier molecular flexibility index (Phi) is 5.13. The van der Waals surface area contributed by atoms with Gasteiger partial charge >= 0.3 is 0 Å².